The highest BCUT2D eigenvalue weighted by Crippen LogP contribution is 2.29. The van der Waals surface area contributed by atoms with Crippen LogP contribution < -0.4 is 10.5 Å². The summed E-state index contributed by atoms with van der Waals surface area (Å²) in [5.74, 6) is 0.256. The Kier molecular flexibility index (Phi) is 3.40. The second-order valence-corrected chi connectivity index (χ2v) is 4.56. The summed E-state index contributed by atoms with van der Waals surface area (Å²) < 4.78 is 22.8. The largest absolute Gasteiger partial charge is 0.480 e. The minimum atomic E-state index is -0.306. The zero-order valence-corrected chi connectivity index (χ0v) is 10.4. The van der Waals surface area contributed by atoms with Gasteiger partial charge in [0.05, 0.1) is 12.0 Å². The smallest absolute Gasteiger partial charge is 0.225 e. The van der Waals surface area contributed by atoms with E-state index in [-0.39, 0.29) is 11.9 Å². The Bertz CT molecular complexity index is 525. The van der Waals surface area contributed by atoms with E-state index in [0.717, 1.165) is 10.4 Å². The zero-order chi connectivity index (χ0) is 12.4. The number of nitrogens with zero attached hydrogens (tertiary/aromatic N) is 1. The second kappa shape index (κ2) is 4.81. The van der Waals surface area contributed by atoms with E-state index < -0.39 is 0 Å². The molecule has 0 spiro atoms. The summed E-state index contributed by atoms with van der Waals surface area (Å²) >= 11 is 1.28. The fraction of sp³-hybridized carbons (Fsp3) is 0.250. The van der Waals surface area contributed by atoms with E-state index in [2.05, 4.69) is 4.37 Å². The number of hydrogen-bond donors (Lipinski definition) is 1. The molecule has 1 unspecified atom stereocenters. The second-order valence-electron chi connectivity index (χ2n) is 3.76. The molecule has 0 bridgehead atoms. The van der Waals surface area contributed by atoms with Crippen molar-refractivity contribution in [3.8, 4) is 16.3 Å². The standard InChI is InChI=1S/C12H13FN2OS/c1-7(14)9-4-3-8(5-10(9)13)11-6-12(16-2)15-17-11/h3-7H,14H2,1-2H3. The van der Waals surface area contributed by atoms with E-state index >= 15 is 0 Å². The van der Waals surface area contributed by atoms with Gasteiger partial charge in [0, 0.05) is 17.7 Å². The van der Waals surface area contributed by atoms with Crippen molar-refractivity contribution in [2.24, 2.45) is 5.73 Å². The summed E-state index contributed by atoms with van der Waals surface area (Å²) in [7, 11) is 1.55. The summed E-state index contributed by atoms with van der Waals surface area (Å²) in [6.07, 6.45) is 0. The minimum Gasteiger partial charge on any atom is -0.480 e. The van der Waals surface area contributed by atoms with Crippen LogP contribution in [0.1, 0.15) is 18.5 Å². The molecule has 1 aromatic carbocycles. The highest BCUT2D eigenvalue weighted by molar-refractivity contribution is 7.09. The topological polar surface area (TPSA) is 48.1 Å². The maximum absolute atomic E-state index is 13.7. The van der Waals surface area contributed by atoms with E-state index in [9.17, 15) is 4.39 Å². The van der Waals surface area contributed by atoms with Crippen LogP contribution in [0.25, 0.3) is 10.4 Å². The minimum absolute atomic E-state index is 0.287. The lowest BCUT2D eigenvalue weighted by molar-refractivity contribution is 0.403. The maximum Gasteiger partial charge on any atom is 0.225 e. The predicted octanol–water partition coefficient (Wildman–Crippen LogP) is 2.98. The van der Waals surface area contributed by atoms with Crippen molar-refractivity contribution in [2.45, 2.75) is 13.0 Å². The van der Waals surface area contributed by atoms with Gasteiger partial charge >= 0.3 is 0 Å². The lowest BCUT2D eigenvalue weighted by Gasteiger charge is -2.07. The van der Waals surface area contributed by atoms with E-state index in [1.54, 1.807) is 26.2 Å². The molecule has 1 heterocycles. The van der Waals surface area contributed by atoms with Crippen molar-refractivity contribution in [3.63, 3.8) is 0 Å². The van der Waals surface area contributed by atoms with E-state index in [0.29, 0.717) is 11.4 Å². The first-order chi connectivity index (χ1) is 8.11. The molecule has 1 atom stereocenters. The molecule has 0 aliphatic heterocycles. The van der Waals surface area contributed by atoms with Crippen molar-refractivity contribution < 1.29 is 9.13 Å². The summed E-state index contributed by atoms with van der Waals surface area (Å²) in [5, 5.41) is 0. The number of methoxy groups -OCH3 is 1. The maximum atomic E-state index is 13.7. The molecular weight excluding hydrogens is 239 g/mol. The summed E-state index contributed by atoms with van der Waals surface area (Å²) in [6.45, 7) is 1.76. The third-order valence-electron chi connectivity index (χ3n) is 2.47. The predicted molar refractivity (Wildman–Crippen MR) is 66.7 cm³/mol. The highest BCUT2D eigenvalue weighted by atomic mass is 32.1. The summed E-state index contributed by atoms with van der Waals surface area (Å²) in [6, 6.07) is 6.51. The molecule has 0 aliphatic rings. The Morgan fingerprint density at radius 2 is 2.18 bits per heavy atom. The van der Waals surface area contributed by atoms with Gasteiger partial charge in [0.1, 0.15) is 5.82 Å². The number of benzene rings is 1. The van der Waals surface area contributed by atoms with E-state index in [1.807, 2.05) is 6.07 Å². The Morgan fingerprint density at radius 1 is 1.41 bits per heavy atom. The molecule has 1 aromatic heterocycles. The van der Waals surface area contributed by atoms with Crippen LogP contribution >= 0.6 is 11.5 Å². The normalized spacial score (nSPS) is 12.5. The van der Waals surface area contributed by atoms with Crippen molar-refractivity contribution in [2.75, 3.05) is 7.11 Å². The van der Waals surface area contributed by atoms with Crippen LogP contribution in [0.15, 0.2) is 24.3 Å². The van der Waals surface area contributed by atoms with Crippen LogP contribution in [0.2, 0.25) is 0 Å². The number of aromatic nitrogens is 1. The third kappa shape index (κ3) is 2.45. The number of rotatable bonds is 3. The summed E-state index contributed by atoms with van der Waals surface area (Å²) in [5.41, 5.74) is 6.96. The first-order valence-corrected chi connectivity index (χ1v) is 5.95. The van der Waals surface area contributed by atoms with Gasteiger partial charge in [-0.3, -0.25) is 0 Å². The van der Waals surface area contributed by atoms with E-state index in [1.165, 1.54) is 17.6 Å². The lowest BCUT2D eigenvalue weighted by Crippen LogP contribution is -2.07. The molecule has 0 saturated carbocycles. The van der Waals surface area contributed by atoms with Crippen molar-refractivity contribution in [1.29, 1.82) is 0 Å². The average molecular weight is 252 g/mol. The van der Waals surface area contributed by atoms with Gasteiger partial charge in [-0.2, -0.15) is 4.37 Å². The van der Waals surface area contributed by atoms with Crippen molar-refractivity contribution in [3.05, 3.63) is 35.6 Å². The molecule has 2 N–H and O–H groups in total. The molecule has 2 aromatic rings. The Balaban J connectivity index is 2.37. The van der Waals surface area contributed by atoms with Crippen LogP contribution in [0, 0.1) is 5.82 Å². The van der Waals surface area contributed by atoms with Gasteiger partial charge in [0.25, 0.3) is 0 Å². The van der Waals surface area contributed by atoms with Crippen LogP contribution in [0.4, 0.5) is 4.39 Å². The molecule has 90 valence electrons. The van der Waals surface area contributed by atoms with Gasteiger partial charge < -0.3 is 10.5 Å². The Morgan fingerprint density at radius 3 is 2.71 bits per heavy atom. The van der Waals surface area contributed by atoms with Gasteiger partial charge in [-0.05, 0) is 30.1 Å². The fourth-order valence-electron chi connectivity index (χ4n) is 1.54. The van der Waals surface area contributed by atoms with Gasteiger partial charge in [-0.25, -0.2) is 4.39 Å². The first kappa shape index (κ1) is 12.0. The third-order valence-corrected chi connectivity index (χ3v) is 3.29. The molecule has 0 aliphatic carbocycles. The number of hydrogen-bond acceptors (Lipinski definition) is 4. The number of ether oxygens (including phenoxy) is 1. The van der Waals surface area contributed by atoms with Crippen molar-refractivity contribution in [1.82, 2.24) is 4.37 Å². The first-order valence-electron chi connectivity index (χ1n) is 5.18. The van der Waals surface area contributed by atoms with Gasteiger partial charge in [0.2, 0.25) is 5.88 Å². The highest BCUT2D eigenvalue weighted by Gasteiger charge is 2.10. The average Bonchev–Trinajstić information content (AvgIpc) is 2.76. The molecule has 17 heavy (non-hydrogen) atoms. The van der Waals surface area contributed by atoms with Crippen LogP contribution in [-0.2, 0) is 0 Å². The van der Waals surface area contributed by atoms with Gasteiger partial charge in [0.15, 0.2) is 0 Å². The molecule has 5 heteroatoms. The van der Waals surface area contributed by atoms with Crippen LogP contribution in [0.3, 0.4) is 0 Å². The van der Waals surface area contributed by atoms with Gasteiger partial charge in [-0.1, -0.05) is 12.1 Å². The molecule has 0 fully saturated rings. The molecule has 2 rings (SSSR count). The van der Waals surface area contributed by atoms with Gasteiger partial charge in [-0.15, -0.1) is 0 Å². The Hall–Kier alpha value is -1.46. The molecular formula is C12H13FN2OS. The quantitative estimate of drug-likeness (QED) is 0.913. The van der Waals surface area contributed by atoms with Crippen LogP contribution in [0.5, 0.6) is 5.88 Å². The molecule has 0 amide bonds. The molecule has 0 saturated heterocycles. The summed E-state index contributed by atoms with van der Waals surface area (Å²) in [4.78, 5) is 0.872. The SMILES string of the molecule is COc1cc(-c2ccc(C(C)N)c(F)c2)sn1. The fourth-order valence-corrected chi connectivity index (χ4v) is 2.24. The zero-order valence-electron chi connectivity index (χ0n) is 9.61. The molecule has 3 nitrogen and oxygen atoms in total. The van der Waals surface area contributed by atoms with Crippen LogP contribution in [-0.4, -0.2) is 11.5 Å². The Labute approximate surface area is 103 Å². The lowest BCUT2D eigenvalue weighted by atomic mass is 10.1. The number of nitrogens with two attached hydrogens (primary N) is 1. The van der Waals surface area contributed by atoms with Crippen molar-refractivity contribution >= 4 is 11.5 Å². The number of halogens is 1. The molecule has 0 radical (unpaired) electrons. The monoisotopic (exact) mass is 252 g/mol. The van der Waals surface area contributed by atoms with E-state index in [4.69, 9.17) is 10.5 Å².